The number of piperazine rings is 1. The van der Waals surface area contributed by atoms with Crippen molar-refractivity contribution in [2.75, 3.05) is 32.4 Å². The zero-order valence-corrected chi connectivity index (χ0v) is 11.9. The van der Waals surface area contributed by atoms with Gasteiger partial charge in [-0.25, -0.2) is 0 Å². The number of thioether (sulfide) groups is 1. The summed E-state index contributed by atoms with van der Waals surface area (Å²) in [5.41, 5.74) is 1.35. The fourth-order valence-electron chi connectivity index (χ4n) is 2.21. The van der Waals surface area contributed by atoms with Crippen molar-refractivity contribution < 1.29 is 4.79 Å². The van der Waals surface area contributed by atoms with E-state index >= 15 is 0 Å². The molecule has 4 heteroatoms. The second-order valence-electron chi connectivity index (χ2n) is 4.63. The molecule has 2 rings (SSSR count). The maximum absolute atomic E-state index is 11.2. The molecule has 0 saturated carbocycles. The Bertz CT molecular complexity index is 397. The van der Waals surface area contributed by atoms with Crippen LogP contribution in [0.3, 0.4) is 0 Å². The molecule has 18 heavy (non-hydrogen) atoms. The summed E-state index contributed by atoms with van der Waals surface area (Å²) in [5.74, 6) is 0.193. The third-order valence-corrected chi connectivity index (χ3v) is 4.13. The molecule has 1 aromatic rings. The minimum Gasteiger partial charge on any atom is -0.340 e. The molecule has 1 aromatic carbocycles. The maximum Gasteiger partial charge on any atom is 0.219 e. The summed E-state index contributed by atoms with van der Waals surface area (Å²) in [7, 11) is 0. The zero-order valence-electron chi connectivity index (χ0n) is 11.1. The number of hydrogen-bond acceptors (Lipinski definition) is 3. The maximum atomic E-state index is 11.2. The van der Waals surface area contributed by atoms with E-state index in [0.29, 0.717) is 0 Å². The van der Waals surface area contributed by atoms with E-state index in [1.54, 1.807) is 18.7 Å². The van der Waals surface area contributed by atoms with Crippen LogP contribution < -0.4 is 0 Å². The van der Waals surface area contributed by atoms with Crippen LogP contribution in [0.1, 0.15) is 12.5 Å². The molecule has 1 fully saturated rings. The molecule has 0 bridgehead atoms. The Morgan fingerprint density at radius 2 is 1.78 bits per heavy atom. The van der Waals surface area contributed by atoms with E-state index in [4.69, 9.17) is 0 Å². The molecule has 1 amide bonds. The number of nitrogens with zero attached hydrogens (tertiary/aromatic N) is 2. The Labute approximate surface area is 113 Å². The van der Waals surface area contributed by atoms with Crippen molar-refractivity contribution in [1.29, 1.82) is 0 Å². The quantitative estimate of drug-likeness (QED) is 0.781. The van der Waals surface area contributed by atoms with Crippen molar-refractivity contribution in [3.63, 3.8) is 0 Å². The van der Waals surface area contributed by atoms with E-state index in [1.165, 1.54) is 10.5 Å². The lowest BCUT2D eigenvalue weighted by atomic mass is 10.2. The van der Waals surface area contributed by atoms with Crippen molar-refractivity contribution in [2.45, 2.75) is 18.4 Å². The molecule has 3 nitrogen and oxygen atoms in total. The van der Waals surface area contributed by atoms with Crippen molar-refractivity contribution >= 4 is 17.7 Å². The van der Waals surface area contributed by atoms with Crippen LogP contribution >= 0.6 is 11.8 Å². The third-order valence-electron chi connectivity index (χ3n) is 3.38. The van der Waals surface area contributed by atoms with Gasteiger partial charge in [-0.3, -0.25) is 9.69 Å². The Morgan fingerprint density at radius 3 is 2.28 bits per heavy atom. The highest BCUT2D eigenvalue weighted by molar-refractivity contribution is 7.98. The van der Waals surface area contributed by atoms with Crippen LogP contribution in [0.2, 0.25) is 0 Å². The molecule has 0 atom stereocenters. The summed E-state index contributed by atoms with van der Waals surface area (Å²) >= 11 is 1.77. The molecule has 1 saturated heterocycles. The summed E-state index contributed by atoms with van der Waals surface area (Å²) in [6, 6.07) is 8.74. The van der Waals surface area contributed by atoms with E-state index in [0.717, 1.165) is 32.7 Å². The van der Waals surface area contributed by atoms with Crippen LogP contribution in [0.5, 0.6) is 0 Å². The van der Waals surface area contributed by atoms with E-state index in [1.807, 2.05) is 4.90 Å². The third kappa shape index (κ3) is 3.50. The van der Waals surface area contributed by atoms with Crippen LogP contribution in [0.25, 0.3) is 0 Å². The number of amides is 1. The minimum absolute atomic E-state index is 0.193. The van der Waals surface area contributed by atoms with Crippen molar-refractivity contribution in [2.24, 2.45) is 0 Å². The smallest absolute Gasteiger partial charge is 0.219 e. The lowest BCUT2D eigenvalue weighted by molar-refractivity contribution is -0.130. The molecular formula is C14H20N2OS. The van der Waals surface area contributed by atoms with Gasteiger partial charge in [0.05, 0.1) is 0 Å². The van der Waals surface area contributed by atoms with Gasteiger partial charge in [-0.15, -0.1) is 11.8 Å². The van der Waals surface area contributed by atoms with Gasteiger partial charge in [-0.1, -0.05) is 12.1 Å². The summed E-state index contributed by atoms with van der Waals surface area (Å²) < 4.78 is 0. The molecule has 0 N–H and O–H groups in total. The minimum atomic E-state index is 0.193. The topological polar surface area (TPSA) is 23.6 Å². The van der Waals surface area contributed by atoms with Gasteiger partial charge in [-0.2, -0.15) is 0 Å². The lowest BCUT2D eigenvalue weighted by Gasteiger charge is -2.34. The standard InChI is InChI=1S/C14H20N2OS/c1-12(17)16-9-7-15(8-10-16)11-13-3-5-14(18-2)6-4-13/h3-6H,7-11H2,1-2H3. The molecule has 1 aliphatic heterocycles. The molecule has 0 spiro atoms. The number of hydrogen-bond donors (Lipinski definition) is 0. The highest BCUT2D eigenvalue weighted by atomic mass is 32.2. The second-order valence-corrected chi connectivity index (χ2v) is 5.51. The van der Waals surface area contributed by atoms with Crippen molar-refractivity contribution in [3.05, 3.63) is 29.8 Å². The van der Waals surface area contributed by atoms with E-state index in [9.17, 15) is 4.79 Å². The first-order chi connectivity index (χ1) is 8.69. The summed E-state index contributed by atoms with van der Waals surface area (Å²) in [6.45, 7) is 6.31. The van der Waals surface area contributed by atoms with Gasteiger partial charge < -0.3 is 4.90 Å². The van der Waals surface area contributed by atoms with Gasteiger partial charge in [0.1, 0.15) is 0 Å². The van der Waals surface area contributed by atoms with Gasteiger partial charge in [0.15, 0.2) is 0 Å². The number of rotatable bonds is 3. The van der Waals surface area contributed by atoms with Gasteiger partial charge in [0, 0.05) is 44.5 Å². The highest BCUT2D eigenvalue weighted by Crippen LogP contribution is 2.16. The van der Waals surface area contributed by atoms with E-state index in [2.05, 4.69) is 35.4 Å². The van der Waals surface area contributed by atoms with Crippen molar-refractivity contribution in [1.82, 2.24) is 9.80 Å². The highest BCUT2D eigenvalue weighted by Gasteiger charge is 2.18. The average molecular weight is 264 g/mol. The molecule has 0 aliphatic carbocycles. The van der Waals surface area contributed by atoms with E-state index < -0.39 is 0 Å². The first-order valence-corrected chi connectivity index (χ1v) is 7.52. The monoisotopic (exact) mass is 264 g/mol. The molecular weight excluding hydrogens is 244 g/mol. The van der Waals surface area contributed by atoms with Crippen LogP contribution in [-0.4, -0.2) is 48.1 Å². The number of benzene rings is 1. The predicted molar refractivity (Wildman–Crippen MR) is 75.8 cm³/mol. The van der Waals surface area contributed by atoms with Crippen LogP contribution in [0.15, 0.2) is 29.2 Å². The van der Waals surface area contributed by atoms with Gasteiger partial charge in [0.25, 0.3) is 0 Å². The van der Waals surface area contributed by atoms with Crippen molar-refractivity contribution in [3.8, 4) is 0 Å². The average Bonchev–Trinajstić information content (AvgIpc) is 2.40. The fraction of sp³-hybridized carbons (Fsp3) is 0.500. The zero-order chi connectivity index (χ0) is 13.0. The largest absolute Gasteiger partial charge is 0.340 e. The van der Waals surface area contributed by atoms with Gasteiger partial charge >= 0.3 is 0 Å². The number of carbonyl (C=O) groups excluding carboxylic acids is 1. The summed E-state index contributed by atoms with van der Waals surface area (Å²) in [4.78, 5) is 16.9. The SMILES string of the molecule is CSc1ccc(CN2CCN(C(C)=O)CC2)cc1. The molecule has 98 valence electrons. The Hall–Kier alpha value is -1.00. The van der Waals surface area contributed by atoms with Crippen LogP contribution in [0.4, 0.5) is 0 Å². The van der Waals surface area contributed by atoms with Gasteiger partial charge in [-0.05, 0) is 24.0 Å². The lowest BCUT2D eigenvalue weighted by Crippen LogP contribution is -2.47. The van der Waals surface area contributed by atoms with Crippen LogP contribution in [-0.2, 0) is 11.3 Å². The first-order valence-electron chi connectivity index (χ1n) is 6.30. The molecule has 1 aliphatic rings. The Morgan fingerprint density at radius 1 is 1.17 bits per heavy atom. The molecule has 0 unspecified atom stereocenters. The molecule has 0 aromatic heterocycles. The second kappa shape index (κ2) is 6.25. The number of carbonyl (C=O) groups is 1. The first kappa shape index (κ1) is 13.4. The summed E-state index contributed by atoms with van der Waals surface area (Å²) in [5, 5.41) is 0. The molecule has 1 heterocycles. The Balaban J connectivity index is 1.85. The normalized spacial score (nSPS) is 16.9. The predicted octanol–water partition coefficient (Wildman–Crippen LogP) is 2.07. The molecule has 0 radical (unpaired) electrons. The van der Waals surface area contributed by atoms with E-state index in [-0.39, 0.29) is 5.91 Å². The summed E-state index contributed by atoms with van der Waals surface area (Å²) in [6.07, 6.45) is 2.09. The Kier molecular flexibility index (Phi) is 4.66. The van der Waals surface area contributed by atoms with Gasteiger partial charge in [0.2, 0.25) is 5.91 Å². The van der Waals surface area contributed by atoms with Crippen LogP contribution in [0, 0.1) is 0 Å². The fourth-order valence-corrected chi connectivity index (χ4v) is 2.62.